The summed E-state index contributed by atoms with van der Waals surface area (Å²) in [4.78, 5) is 23.4. The number of carbonyl (C=O) groups excluding carboxylic acids is 1. The summed E-state index contributed by atoms with van der Waals surface area (Å²) in [6.45, 7) is 6.50. The van der Waals surface area contributed by atoms with Crippen LogP contribution in [0.3, 0.4) is 0 Å². The van der Waals surface area contributed by atoms with E-state index in [4.69, 9.17) is 10.1 Å². The molecule has 0 atom stereocenters. The molecule has 1 aliphatic rings. The number of piperidine rings is 1. The first-order chi connectivity index (χ1) is 18.6. The number of para-hydroxylation sites is 1. The van der Waals surface area contributed by atoms with Crippen LogP contribution in [0.1, 0.15) is 12.8 Å². The Labute approximate surface area is 222 Å². The first kappa shape index (κ1) is 25.4. The number of anilines is 4. The van der Waals surface area contributed by atoms with Gasteiger partial charge in [0, 0.05) is 59.9 Å². The summed E-state index contributed by atoms with van der Waals surface area (Å²) in [5.41, 5.74) is 5.40. The smallest absolute Gasteiger partial charge is 0.247 e. The zero-order valence-electron chi connectivity index (χ0n) is 21.2. The molecule has 4 N–H and O–H groups in total. The number of benzene rings is 3. The summed E-state index contributed by atoms with van der Waals surface area (Å²) in [5.74, 6) is 0.261. The number of hydrogen-bond acceptors (Lipinski definition) is 7. The van der Waals surface area contributed by atoms with Crippen molar-refractivity contribution in [1.29, 1.82) is 0 Å². The van der Waals surface area contributed by atoms with E-state index in [9.17, 15) is 4.79 Å². The molecule has 1 aromatic heterocycles. The predicted octanol–water partition coefficient (Wildman–Crippen LogP) is 5.03. The number of aliphatic hydroxyl groups excluding tert-OH is 1. The highest BCUT2D eigenvalue weighted by atomic mass is 16.3. The van der Waals surface area contributed by atoms with E-state index in [-0.39, 0.29) is 12.5 Å². The van der Waals surface area contributed by atoms with Gasteiger partial charge in [-0.15, -0.1) is 0 Å². The van der Waals surface area contributed by atoms with Gasteiger partial charge in [0.2, 0.25) is 11.9 Å². The lowest BCUT2D eigenvalue weighted by Gasteiger charge is -2.32. The summed E-state index contributed by atoms with van der Waals surface area (Å²) < 4.78 is 0. The zero-order chi connectivity index (χ0) is 26.3. The van der Waals surface area contributed by atoms with Crippen LogP contribution in [0.5, 0.6) is 0 Å². The summed E-state index contributed by atoms with van der Waals surface area (Å²) in [5, 5.41) is 19.8. The second-order valence-electron chi connectivity index (χ2n) is 9.40. The molecule has 38 heavy (non-hydrogen) atoms. The topological polar surface area (TPSA) is 102 Å². The molecule has 3 aromatic carbocycles. The maximum absolute atomic E-state index is 11.7. The molecule has 0 bridgehead atoms. The maximum Gasteiger partial charge on any atom is 0.247 e. The quantitative estimate of drug-likeness (QED) is 0.235. The first-order valence-corrected chi connectivity index (χ1v) is 12.9. The van der Waals surface area contributed by atoms with E-state index < -0.39 is 0 Å². The Morgan fingerprint density at radius 3 is 2.55 bits per heavy atom. The Morgan fingerprint density at radius 2 is 1.79 bits per heavy atom. The van der Waals surface area contributed by atoms with Crippen LogP contribution in [-0.2, 0) is 4.79 Å². The molecule has 0 aliphatic carbocycles. The maximum atomic E-state index is 11.7. The largest absolute Gasteiger partial charge is 0.395 e. The molecule has 0 saturated carbocycles. The number of β-amino-alcohol motifs (C(OH)–C–C–N with tert-alkyl or cyclic N) is 1. The lowest BCUT2D eigenvalue weighted by atomic mass is 10.0. The highest BCUT2D eigenvalue weighted by Gasteiger charge is 2.18. The van der Waals surface area contributed by atoms with Crippen molar-refractivity contribution < 1.29 is 9.90 Å². The molecule has 0 unspecified atom stereocenters. The van der Waals surface area contributed by atoms with Crippen LogP contribution in [0.4, 0.5) is 23.0 Å². The minimum atomic E-state index is -0.251. The summed E-state index contributed by atoms with van der Waals surface area (Å²) >= 11 is 0. The summed E-state index contributed by atoms with van der Waals surface area (Å²) in [6.07, 6.45) is 5.20. The molecular formula is C30H32N6O2. The van der Waals surface area contributed by atoms with Gasteiger partial charge >= 0.3 is 0 Å². The van der Waals surface area contributed by atoms with Crippen LogP contribution in [0, 0.1) is 0 Å². The molecule has 1 fully saturated rings. The van der Waals surface area contributed by atoms with Crippen LogP contribution >= 0.6 is 0 Å². The van der Waals surface area contributed by atoms with Gasteiger partial charge in [0.1, 0.15) is 0 Å². The zero-order valence-corrected chi connectivity index (χ0v) is 21.2. The summed E-state index contributed by atoms with van der Waals surface area (Å²) in [7, 11) is 0. The van der Waals surface area contributed by atoms with E-state index in [1.165, 1.54) is 6.08 Å². The number of likely N-dealkylation sites (tertiary alicyclic amines) is 1. The predicted molar refractivity (Wildman–Crippen MR) is 154 cm³/mol. The molecule has 4 aromatic rings. The SMILES string of the molecule is C=CC(=O)Nc1cccc(-c2cccc3cnc(Nc4ccc(NC5CCN(CCO)CC5)cc4)nc23)c1. The fraction of sp³-hybridized carbons (Fsp3) is 0.233. The van der Waals surface area contributed by atoms with Gasteiger partial charge in [-0.2, -0.15) is 0 Å². The van der Waals surface area contributed by atoms with Crippen LogP contribution < -0.4 is 16.0 Å². The second-order valence-corrected chi connectivity index (χ2v) is 9.40. The van der Waals surface area contributed by atoms with Gasteiger partial charge in [-0.1, -0.05) is 36.9 Å². The average Bonchev–Trinajstić information content (AvgIpc) is 2.95. The Morgan fingerprint density at radius 1 is 1.03 bits per heavy atom. The molecule has 194 valence electrons. The number of nitrogens with one attached hydrogen (secondary N) is 3. The third-order valence-electron chi connectivity index (χ3n) is 6.75. The molecule has 0 spiro atoms. The number of amides is 1. The highest BCUT2D eigenvalue weighted by molar-refractivity contribution is 6.00. The first-order valence-electron chi connectivity index (χ1n) is 12.9. The Bertz CT molecular complexity index is 1410. The number of hydrogen-bond donors (Lipinski definition) is 4. The molecule has 1 aliphatic heterocycles. The van der Waals surface area contributed by atoms with Gasteiger partial charge in [0.25, 0.3) is 0 Å². The highest BCUT2D eigenvalue weighted by Crippen LogP contribution is 2.30. The van der Waals surface area contributed by atoms with E-state index in [2.05, 4.69) is 44.5 Å². The minimum Gasteiger partial charge on any atom is -0.395 e. The van der Waals surface area contributed by atoms with Crippen molar-refractivity contribution in [2.24, 2.45) is 0 Å². The lowest BCUT2D eigenvalue weighted by Crippen LogP contribution is -2.40. The molecule has 2 heterocycles. The molecule has 5 rings (SSSR count). The monoisotopic (exact) mass is 508 g/mol. The minimum absolute atomic E-state index is 0.220. The van der Waals surface area contributed by atoms with Crippen LogP contribution in [-0.4, -0.2) is 58.2 Å². The Balaban J connectivity index is 1.29. The molecule has 8 heteroatoms. The van der Waals surface area contributed by atoms with Crippen LogP contribution in [0.15, 0.2) is 85.6 Å². The van der Waals surface area contributed by atoms with E-state index in [0.29, 0.717) is 17.7 Å². The van der Waals surface area contributed by atoms with Gasteiger partial charge < -0.3 is 26.0 Å². The van der Waals surface area contributed by atoms with Gasteiger partial charge in [-0.3, -0.25) is 4.79 Å². The molecule has 1 amide bonds. The van der Waals surface area contributed by atoms with Crippen molar-refractivity contribution in [3.63, 3.8) is 0 Å². The van der Waals surface area contributed by atoms with Gasteiger partial charge in [-0.25, -0.2) is 9.97 Å². The number of rotatable bonds is 9. The van der Waals surface area contributed by atoms with Crippen LogP contribution in [0.25, 0.3) is 22.0 Å². The average molecular weight is 509 g/mol. The molecule has 1 saturated heterocycles. The number of carbonyl (C=O) groups is 1. The van der Waals surface area contributed by atoms with Crippen molar-refractivity contribution in [2.45, 2.75) is 18.9 Å². The van der Waals surface area contributed by atoms with Crippen molar-refractivity contribution in [3.05, 3.63) is 85.6 Å². The third kappa shape index (κ3) is 6.16. The standard InChI is InChI=1S/C30H32N6O2/c1-2-28(38)33-26-7-3-5-21(19-26)27-8-4-6-22-20-31-30(35-29(22)27)34-24-11-9-23(10-12-24)32-25-13-15-36(16-14-25)17-18-37/h2-12,19-20,25,32,37H,1,13-18H2,(H,33,38)(H,31,34,35). The molecule has 8 nitrogen and oxygen atoms in total. The lowest BCUT2D eigenvalue weighted by molar-refractivity contribution is -0.111. The van der Waals surface area contributed by atoms with E-state index in [1.807, 2.05) is 60.8 Å². The van der Waals surface area contributed by atoms with Crippen molar-refractivity contribution in [2.75, 3.05) is 42.2 Å². The van der Waals surface area contributed by atoms with Crippen molar-refractivity contribution >= 4 is 39.8 Å². The Kier molecular flexibility index (Phi) is 7.92. The fourth-order valence-corrected chi connectivity index (χ4v) is 4.76. The number of aliphatic hydroxyl groups is 1. The normalized spacial score (nSPS) is 14.2. The number of aromatic nitrogens is 2. The number of fused-ring (bicyclic) bond motifs is 1. The summed E-state index contributed by atoms with van der Waals surface area (Å²) in [6, 6.07) is 22.3. The van der Waals surface area contributed by atoms with Crippen molar-refractivity contribution in [3.8, 4) is 11.1 Å². The second kappa shape index (κ2) is 11.9. The van der Waals surface area contributed by atoms with E-state index >= 15 is 0 Å². The van der Waals surface area contributed by atoms with E-state index in [1.54, 1.807) is 0 Å². The van der Waals surface area contributed by atoms with Crippen LogP contribution in [0.2, 0.25) is 0 Å². The van der Waals surface area contributed by atoms with Gasteiger partial charge in [0.05, 0.1) is 12.1 Å². The third-order valence-corrected chi connectivity index (χ3v) is 6.75. The van der Waals surface area contributed by atoms with Gasteiger partial charge in [-0.05, 0) is 60.9 Å². The van der Waals surface area contributed by atoms with Gasteiger partial charge in [0.15, 0.2) is 0 Å². The van der Waals surface area contributed by atoms with Crippen molar-refractivity contribution in [1.82, 2.24) is 14.9 Å². The Hall–Kier alpha value is -4.27. The molecule has 0 radical (unpaired) electrons. The van der Waals surface area contributed by atoms with E-state index in [0.717, 1.165) is 65.9 Å². The number of nitrogens with zero attached hydrogens (tertiary/aromatic N) is 3. The molecular weight excluding hydrogens is 476 g/mol. The fourth-order valence-electron chi connectivity index (χ4n) is 4.76.